The zero-order valence-electron chi connectivity index (χ0n) is 7.12. The monoisotopic (exact) mass is 183 g/mol. The van der Waals surface area contributed by atoms with Gasteiger partial charge < -0.3 is 10.1 Å². The third-order valence-electron chi connectivity index (χ3n) is 2.07. The normalized spacial score (nSPS) is 30.4. The third kappa shape index (κ3) is 1.68. The minimum Gasteiger partial charge on any atom is -0.368 e. The highest BCUT2D eigenvalue weighted by atomic mass is 32.1. The molecule has 12 heavy (non-hydrogen) atoms. The number of rotatable bonds is 1. The molecule has 0 unspecified atom stereocenters. The van der Waals surface area contributed by atoms with Crippen LogP contribution in [0.2, 0.25) is 0 Å². The van der Waals surface area contributed by atoms with E-state index in [0.717, 1.165) is 13.1 Å². The van der Waals surface area contributed by atoms with Crippen LogP contribution in [0.25, 0.3) is 0 Å². The van der Waals surface area contributed by atoms with Crippen molar-refractivity contribution in [3.8, 4) is 0 Å². The first kappa shape index (κ1) is 8.23. The Hall–Kier alpha value is -0.380. The fraction of sp³-hybridized carbons (Fsp3) is 0.556. The second-order valence-corrected chi connectivity index (χ2v) is 3.93. The van der Waals surface area contributed by atoms with Gasteiger partial charge in [0, 0.05) is 13.1 Å². The van der Waals surface area contributed by atoms with E-state index in [1.54, 1.807) is 11.3 Å². The van der Waals surface area contributed by atoms with Crippen molar-refractivity contribution in [1.82, 2.24) is 5.32 Å². The molecule has 1 saturated heterocycles. The molecule has 0 amide bonds. The lowest BCUT2D eigenvalue weighted by molar-refractivity contribution is -0.0285. The lowest BCUT2D eigenvalue weighted by Gasteiger charge is -2.28. The molecule has 1 aliphatic rings. The number of ether oxygens (including phenoxy) is 1. The molecule has 2 heterocycles. The summed E-state index contributed by atoms with van der Waals surface area (Å²) in [6, 6.07) is 2.13. The first-order valence-electron chi connectivity index (χ1n) is 4.24. The Balaban J connectivity index is 2.04. The molecular weight excluding hydrogens is 170 g/mol. The average Bonchev–Trinajstić information content (AvgIpc) is 2.56. The predicted octanol–water partition coefficient (Wildman–Crippen LogP) is 1.80. The van der Waals surface area contributed by atoms with Crippen LogP contribution in [0.4, 0.5) is 0 Å². The van der Waals surface area contributed by atoms with E-state index in [2.05, 4.69) is 29.1 Å². The van der Waals surface area contributed by atoms with Gasteiger partial charge in [0.2, 0.25) is 0 Å². The summed E-state index contributed by atoms with van der Waals surface area (Å²) in [5.74, 6) is 0. The summed E-state index contributed by atoms with van der Waals surface area (Å²) in [5, 5.41) is 7.60. The number of hydrogen-bond donors (Lipinski definition) is 1. The summed E-state index contributed by atoms with van der Waals surface area (Å²) in [6.07, 6.45) is 0.601. The molecule has 1 fully saturated rings. The van der Waals surface area contributed by atoms with Crippen LogP contribution in [0.5, 0.6) is 0 Å². The standard InChI is InChI=1S/C9H13NOS/c1-7-4-10-5-9(11-7)8-2-3-12-6-8/h2-3,6-7,9-10H,4-5H2,1H3/t7-,9-/m0/s1. The van der Waals surface area contributed by atoms with Crippen molar-refractivity contribution < 1.29 is 4.74 Å². The molecule has 0 bridgehead atoms. The van der Waals surface area contributed by atoms with E-state index in [9.17, 15) is 0 Å². The Labute approximate surface area is 76.6 Å². The van der Waals surface area contributed by atoms with Crippen molar-refractivity contribution >= 4 is 11.3 Å². The maximum absolute atomic E-state index is 5.77. The van der Waals surface area contributed by atoms with E-state index in [0.29, 0.717) is 6.10 Å². The molecule has 2 atom stereocenters. The molecule has 0 aromatic carbocycles. The van der Waals surface area contributed by atoms with Crippen molar-refractivity contribution in [2.24, 2.45) is 0 Å². The van der Waals surface area contributed by atoms with Gasteiger partial charge in [0.25, 0.3) is 0 Å². The Morgan fingerprint density at radius 3 is 3.17 bits per heavy atom. The van der Waals surface area contributed by atoms with Gasteiger partial charge in [-0.3, -0.25) is 0 Å². The summed E-state index contributed by atoms with van der Waals surface area (Å²) in [6.45, 7) is 4.02. The van der Waals surface area contributed by atoms with E-state index in [1.165, 1.54) is 5.56 Å². The minimum absolute atomic E-state index is 0.264. The van der Waals surface area contributed by atoms with Gasteiger partial charge in [-0.05, 0) is 29.3 Å². The van der Waals surface area contributed by atoms with Gasteiger partial charge in [0.05, 0.1) is 12.2 Å². The molecule has 1 aromatic heterocycles. The topological polar surface area (TPSA) is 21.3 Å². The van der Waals surface area contributed by atoms with Crippen LogP contribution in [0.3, 0.4) is 0 Å². The summed E-state index contributed by atoms with van der Waals surface area (Å²) in [4.78, 5) is 0. The van der Waals surface area contributed by atoms with Crippen molar-refractivity contribution in [2.45, 2.75) is 19.1 Å². The van der Waals surface area contributed by atoms with Crippen LogP contribution in [-0.2, 0) is 4.74 Å². The Bertz CT molecular complexity index is 235. The summed E-state index contributed by atoms with van der Waals surface area (Å²) in [7, 11) is 0. The lowest BCUT2D eigenvalue weighted by atomic mass is 10.1. The molecule has 2 rings (SSSR count). The maximum Gasteiger partial charge on any atom is 0.0961 e. The van der Waals surface area contributed by atoms with Crippen LogP contribution in [0, 0.1) is 0 Å². The fourth-order valence-corrected chi connectivity index (χ4v) is 2.15. The van der Waals surface area contributed by atoms with Gasteiger partial charge in [-0.15, -0.1) is 0 Å². The molecule has 0 spiro atoms. The quantitative estimate of drug-likeness (QED) is 0.717. The van der Waals surface area contributed by atoms with Crippen LogP contribution in [0.15, 0.2) is 16.8 Å². The zero-order chi connectivity index (χ0) is 8.39. The Morgan fingerprint density at radius 1 is 1.58 bits per heavy atom. The van der Waals surface area contributed by atoms with E-state index in [-0.39, 0.29) is 6.10 Å². The number of nitrogens with one attached hydrogen (secondary N) is 1. The van der Waals surface area contributed by atoms with E-state index in [4.69, 9.17) is 4.74 Å². The minimum atomic E-state index is 0.264. The van der Waals surface area contributed by atoms with E-state index in [1.807, 2.05) is 0 Å². The zero-order valence-corrected chi connectivity index (χ0v) is 7.93. The van der Waals surface area contributed by atoms with Crippen LogP contribution >= 0.6 is 11.3 Å². The second kappa shape index (κ2) is 3.56. The molecular formula is C9H13NOS. The number of hydrogen-bond acceptors (Lipinski definition) is 3. The molecule has 0 aliphatic carbocycles. The molecule has 66 valence electrons. The van der Waals surface area contributed by atoms with Crippen molar-refractivity contribution in [3.63, 3.8) is 0 Å². The first-order valence-corrected chi connectivity index (χ1v) is 5.19. The lowest BCUT2D eigenvalue weighted by Crippen LogP contribution is -2.38. The van der Waals surface area contributed by atoms with Crippen molar-refractivity contribution in [1.29, 1.82) is 0 Å². The van der Waals surface area contributed by atoms with Gasteiger partial charge in [-0.25, -0.2) is 0 Å². The summed E-state index contributed by atoms with van der Waals surface area (Å²) >= 11 is 1.73. The first-order chi connectivity index (χ1) is 5.86. The molecule has 0 radical (unpaired) electrons. The molecule has 0 saturated carbocycles. The molecule has 1 N–H and O–H groups in total. The van der Waals surface area contributed by atoms with E-state index < -0.39 is 0 Å². The summed E-state index contributed by atoms with van der Waals surface area (Å²) in [5.41, 5.74) is 1.30. The van der Waals surface area contributed by atoms with Crippen LogP contribution < -0.4 is 5.32 Å². The van der Waals surface area contributed by atoms with Crippen molar-refractivity contribution in [2.75, 3.05) is 13.1 Å². The molecule has 1 aliphatic heterocycles. The van der Waals surface area contributed by atoms with Gasteiger partial charge in [0.1, 0.15) is 0 Å². The third-order valence-corrected chi connectivity index (χ3v) is 2.77. The molecule has 1 aromatic rings. The van der Waals surface area contributed by atoms with Crippen LogP contribution in [0.1, 0.15) is 18.6 Å². The highest BCUT2D eigenvalue weighted by Crippen LogP contribution is 2.22. The summed E-state index contributed by atoms with van der Waals surface area (Å²) < 4.78 is 5.77. The predicted molar refractivity (Wildman–Crippen MR) is 50.5 cm³/mol. The van der Waals surface area contributed by atoms with Gasteiger partial charge in [-0.2, -0.15) is 11.3 Å². The Kier molecular flexibility index (Phi) is 2.44. The Morgan fingerprint density at radius 2 is 2.50 bits per heavy atom. The van der Waals surface area contributed by atoms with Crippen molar-refractivity contribution in [3.05, 3.63) is 22.4 Å². The highest BCUT2D eigenvalue weighted by molar-refractivity contribution is 7.07. The highest BCUT2D eigenvalue weighted by Gasteiger charge is 2.19. The molecule has 2 nitrogen and oxygen atoms in total. The van der Waals surface area contributed by atoms with E-state index >= 15 is 0 Å². The van der Waals surface area contributed by atoms with Gasteiger partial charge in [-0.1, -0.05) is 0 Å². The van der Waals surface area contributed by atoms with Gasteiger partial charge in [0.15, 0.2) is 0 Å². The SMILES string of the molecule is C[C@H]1CNC[C@@H](c2ccsc2)O1. The van der Waals surface area contributed by atoms with Crippen LogP contribution in [-0.4, -0.2) is 19.2 Å². The smallest absolute Gasteiger partial charge is 0.0961 e. The number of morpholine rings is 1. The largest absolute Gasteiger partial charge is 0.368 e. The second-order valence-electron chi connectivity index (χ2n) is 3.15. The fourth-order valence-electron chi connectivity index (χ4n) is 1.45. The maximum atomic E-state index is 5.77. The number of thiophene rings is 1. The van der Waals surface area contributed by atoms with Gasteiger partial charge >= 0.3 is 0 Å². The average molecular weight is 183 g/mol. The molecule has 3 heteroatoms.